The lowest BCUT2D eigenvalue weighted by molar-refractivity contribution is 0.0492. The van der Waals surface area contributed by atoms with Gasteiger partial charge in [0.05, 0.1) is 6.61 Å². The standard InChI is InChI=1S/C19H27FN4O3/c1-5-26-17-12(11-21)10-15(20)16(24-17)22-13-6-8-14(9-7-13)23-18(25)27-19(2,3)4/h10,13-14H,5-9H2,1-4H3,(H,22,24)(H,23,25). The van der Waals surface area contributed by atoms with Gasteiger partial charge in [-0.3, -0.25) is 0 Å². The Morgan fingerprint density at radius 2 is 1.96 bits per heavy atom. The number of rotatable bonds is 5. The highest BCUT2D eigenvalue weighted by Gasteiger charge is 2.26. The molecule has 0 aromatic carbocycles. The van der Waals surface area contributed by atoms with Gasteiger partial charge in [0.25, 0.3) is 0 Å². The van der Waals surface area contributed by atoms with Crippen molar-refractivity contribution in [1.82, 2.24) is 10.3 Å². The van der Waals surface area contributed by atoms with Crippen LogP contribution in [0.15, 0.2) is 6.07 Å². The van der Waals surface area contributed by atoms with Gasteiger partial charge in [-0.15, -0.1) is 0 Å². The summed E-state index contributed by atoms with van der Waals surface area (Å²) in [5.41, 5.74) is -0.454. The van der Waals surface area contributed by atoms with Crippen molar-refractivity contribution in [3.8, 4) is 11.9 Å². The van der Waals surface area contributed by atoms with E-state index in [0.717, 1.165) is 31.7 Å². The number of hydrogen-bond donors (Lipinski definition) is 2. The molecular formula is C19H27FN4O3. The van der Waals surface area contributed by atoms with Crippen molar-refractivity contribution in [3.05, 3.63) is 17.4 Å². The number of ether oxygens (including phenoxy) is 2. The molecule has 1 saturated carbocycles. The Kier molecular flexibility index (Phi) is 6.83. The summed E-state index contributed by atoms with van der Waals surface area (Å²) in [5.74, 6) is -0.366. The largest absolute Gasteiger partial charge is 0.477 e. The predicted octanol–water partition coefficient (Wildman–Crippen LogP) is 3.74. The number of anilines is 1. The normalized spacial score (nSPS) is 19.7. The zero-order valence-electron chi connectivity index (χ0n) is 16.3. The fourth-order valence-corrected chi connectivity index (χ4v) is 2.95. The first kappa shape index (κ1) is 20.7. The van der Waals surface area contributed by atoms with Crippen LogP contribution in [0.3, 0.4) is 0 Å². The van der Waals surface area contributed by atoms with Crippen molar-refractivity contribution >= 4 is 11.9 Å². The molecule has 1 aliphatic carbocycles. The Bertz CT molecular complexity index is 704. The van der Waals surface area contributed by atoms with E-state index in [1.54, 1.807) is 6.92 Å². The number of nitrogens with one attached hydrogen (secondary N) is 2. The fraction of sp³-hybridized carbons (Fsp3) is 0.632. The van der Waals surface area contributed by atoms with E-state index in [-0.39, 0.29) is 29.3 Å². The zero-order chi connectivity index (χ0) is 20.0. The van der Waals surface area contributed by atoms with Crippen molar-refractivity contribution in [2.24, 2.45) is 0 Å². The van der Waals surface area contributed by atoms with Crippen LogP contribution < -0.4 is 15.4 Å². The van der Waals surface area contributed by atoms with E-state index in [2.05, 4.69) is 15.6 Å². The minimum absolute atomic E-state index is 0.0334. The molecule has 1 aromatic heterocycles. The lowest BCUT2D eigenvalue weighted by Gasteiger charge is -2.30. The molecule has 1 heterocycles. The van der Waals surface area contributed by atoms with Crippen molar-refractivity contribution < 1.29 is 18.7 Å². The summed E-state index contributed by atoms with van der Waals surface area (Å²) < 4.78 is 24.8. The molecule has 1 fully saturated rings. The third kappa shape index (κ3) is 6.27. The van der Waals surface area contributed by atoms with Crippen LogP contribution in [0.5, 0.6) is 5.88 Å². The quantitative estimate of drug-likeness (QED) is 0.810. The SMILES string of the molecule is CCOc1nc(NC2CCC(NC(=O)OC(C)(C)C)CC2)c(F)cc1C#N. The number of nitrogens with zero attached hydrogens (tertiary/aromatic N) is 2. The fourth-order valence-electron chi connectivity index (χ4n) is 2.95. The van der Waals surface area contributed by atoms with Gasteiger partial charge in [-0.2, -0.15) is 10.2 Å². The van der Waals surface area contributed by atoms with Crippen LogP contribution in [0.4, 0.5) is 15.0 Å². The minimum atomic E-state index is -0.580. The van der Waals surface area contributed by atoms with Crippen molar-refractivity contribution in [2.75, 3.05) is 11.9 Å². The maximum Gasteiger partial charge on any atom is 0.407 e. The molecule has 0 unspecified atom stereocenters. The Hall–Kier alpha value is -2.56. The monoisotopic (exact) mass is 378 g/mol. The topological polar surface area (TPSA) is 96.3 Å². The number of aromatic nitrogens is 1. The highest BCUT2D eigenvalue weighted by molar-refractivity contribution is 5.68. The van der Waals surface area contributed by atoms with Gasteiger partial charge in [-0.25, -0.2) is 9.18 Å². The molecule has 1 aromatic rings. The molecular weight excluding hydrogens is 351 g/mol. The second-order valence-electron chi connectivity index (χ2n) is 7.56. The van der Waals surface area contributed by atoms with E-state index in [1.165, 1.54) is 0 Å². The van der Waals surface area contributed by atoms with Crippen molar-refractivity contribution in [2.45, 2.75) is 71.1 Å². The summed E-state index contributed by atoms with van der Waals surface area (Å²) in [5, 5.41) is 15.0. The van der Waals surface area contributed by atoms with Crippen molar-refractivity contribution in [3.63, 3.8) is 0 Å². The Balaban J connectivity index is 1.91. The highest BCUT2D eigenvalue weighted by Crippen LogP contribution is 2.26. The maximum atomic E-state index is 14.2. The molecule has 0 radical (unpaired) electrons. The second kappa shape index (κ2) is 8.89. The highest BCUT2D eigenvalue weighted by atomic mass is 19.1. The third-order valence-corrected chi connectivity index (χ3v) is 4.13. The smallest absolute Gasteiger partial charge is 0.407 e. The molecule has 0 spiro atoms. The number of alkyl carbamates (subject to hydrolysis) is 1. The molecule has 0 aliphatic heterocycles. The maximum absolute atomic E-state index is 14.2. The van der Waals surface area contributed by atoms with E-state index in [1.807, 2.05) is 26.8 Å². The molecule has 27 heavy (non-hydrogen) atoms. The summed E-state index contributed by atoms with van der Waals surface area (Å²) in [6.07, 6.45) is 2.61. The van der Waals surface area contributed by atoms with Crippen LogP contribution in [0.1, 0.15) is 58.9 Å². The molecule has 0 bridgehead atoms. The molecule has 0 atom stereocenters. The van der Waals surface area contributed by atoms with Gasteiger partial charge in [0.2, 0.25) is 5.88 Å². The average molecular weight is 378 g/mol. The molecule has 1 aliphatic rings. The molecule has 8 heteroatoms. The number of amides is 1. The number of halogens is 1. The lowest BCUT2D eigenvalue weighted by atomic mass is 9.91. The number of pyridine rings is 1. The van der Waals surface area contributed by atoms with Gasteiger partial charge in [0.15, 0.2) is 11.6 Å². The Morgan fingerprint density at radius 3 is 2.52 bits per heavy atom. The van der Waals surface area contributed by atoms with Gasteiger partial charge in [0.1, 0.15) is 17.2 Å². The van der Waals surface area contributed by atoms with Gasteiger partial charge in [-0.05, 0) is 53.4 Å². The second-order valence-corrected chi connectivity index (χ2v) is 7.56. The van der Waals surface area contributed by atoms with Crippen LogP contribution in [-0.2, 0) is 4.74 Å². The summed E-state index contributed by atoms with van der Waals surface area (Å²) in [6.45, 7) is 7.58. The van der Waals surface area contributed by atoms with Gasteiger partial charge in [0, 0.05) is 18.2 Å². The Morgan fingerprint density at radius 1 is 1.33 bits per heavy atom. The summed E-state index contributed by atoms with van der Waals surface area (Å²) in [6, 6.07) is 3.09. The first-order valence-electron chi connectivity index (χ1n) is 9.21. The Labute approximate surface area is 159 Å². The number of nitriles is 1. The number of carbonyl (C=O) groups excluding carboxylic acids is 1. The van der Waals surface area contributed by atoms with Crippen LogP contribution in [0, 0.1) is 17.1 Å². The van der Waals surface area contributed by atoms with E-state index >= 15 is 0 Å². The lowest BCUT2D eigenvalue weighted by Crippen LogP contribution is -2.42. The molecule has 2 N–H and O–H groups in total. The van der Waals surface area contributed by atoms with Crippen LogP contribution in [0.25, 0.3) is 0 Å². The van der Waals surface area contributed by atoms with Crippen LogP contribution in [-0.4, -0.2) is 35.4 Å². The summed E-state index contributed by atoms with van der Waals surface area (Å²) in [7, 11) is 0. The van der Waals surface area contributed by atoms with Gasteiger partial charge < -0.3 is 20.1 Å². The predicted molar refractivity (Wildman–Crippen MR) is 99.1 cm³/mol. The number of carbonyl (C=O) groups is 1. The zero-order valence-corrected chi connectivity index (χ0v) is 16.3. The summed E-state index contributed by atoms with van der Waals surface area (Å²) in [4.78, 5) is 16.0. The molecule has 1 amide bonds. The van der Waals surface area contributed by atoms with Gasteiger partial charge in [-0.1, -0.05) is 0 Å². The first-order valence-corrected chi connectivity index (χ1v) is 9.21. The van der Waals surface area contributed by atoms with E-state index in [0.29, 0.717) is 6.61 Å². The molecule has 2 rings (SSSR count). The average Bonchev–Trinajstić information content (AvgIpc) is 2.57. The van der Waals surface area contributed by atoms with E-state index < -0.39 is 17.5 Å². The van der Waals surface area contributed by atoms with E-state index in [4.69, 9.17) is 14.7 Å². The van der Waals surface area contributed by atoms with Crippen molar-refractivity contribution in [1.29, 1.82) is 5.26 Å². The van der Waals surface area contributed by atoms with E-state index in [9.17, 15) is 9.18 Å². The first-order chi connectivity index (χ1) is 12.7. The molecule has 148 valence electrons. The van der Waals surface area contributed by atoms with Crippen LogP contribution in [0.2, 0.25) is 0 Å². The molecule has 0 saturated heterocycles. The van der Waals surface area contributed by atoms with Gasteiger partial charge >= 0.3 is 6.09 Å². The molecule has 7 nitrogen and oxygen atoms in total. The van der Waals surface area contributed by atoms with Crippen LogP contribution >= 0.6 is 0 Å². The number of hydrogen-bond acceptors (Lipinski definition) is 6. The minimum Gasteiger partial charge on any atom is -0.477 e. The summed E-state index contributed by atoms with van der Waals surface area (Å²) >= 11 is 0. The third-order valence-electron chi connectivity index (χ3n) is 4.13.